The molecule has 2 fully saturated rings. The van der Waals surface area contributed by atoms with Crippen LogP contribution in [-0.4, -0.2) is 49.7 Å². The molecule has 4 nitrogen and oxygen atoms in total. The lowest BCUT2D eigenvalue weighted by Gasteiger charge is -2.35. The number of carbonyl (C=O) groups is 1. The first-order valence-corrected chi connectivity index (χ1v) is 5.89. The van der Waals surface area contributed by atoms with Crippen molar-refractivity contribution in [3.05, 3.63) is 0 Å². The van der Waals surface area contributed by atoms with Crippen LogP contribution in [-0.2, 0) is 9.53 Å². The topological polar surface area (TPSA) is 41.6 Å². The van der Waals surface area contributed by atoms with Crippen molar-refractivity contribution in [1.82, 2.24) is 10.2 Å². The highest BCUT2D eigenvalue weighted by Crippen LogP contribution is 2.17. The molecular weight excluding hydrogens is 192 g/mol. The zero-order valence-corrected chi connectivity index (χ0v) is 9.37. The highest BCUT2D eigenvalue weighted by molar-refractivity contribution is 5.82. The van der Waals surface area contributed by atoms with Crippen LogP contribution in [0.15, 0.2) is 0 Å². The van der Waals surface area contributed by atoms with Crippen LogP contribution in [0, 0.1) is 5.92 Å². The first-order chi connectivity index (χ1) is 7.29. The molecule has 1 N–H and O–H groups in total. The molecule has 86 valence electrons. The van der Waals surface area contributed by atoms with E-state index in [9.17, 15) is 4.79 Å². The Morgan fingerprint density at radius 2 is 2.13 bits per heavy atom. The first kappa shape index (κ1) is 10.9. The number of hydrogen-bond acceptors (Lipinski definition) is 3. The lowest BCUT2D eigenvalue weighted by molar-refractivity contribution is -0.139. The SMILES string of the molecule is CC1CCCNC1C(=O)N1CCOCC1. The number of nitrogens with one attached hydrogen (secondary N) is 1. The van der Waals surface area contributed by atoms with Gasteiger partial charge in [0.25, 0.3) is 0 Å². The van der Waals surface area contributed by atoms with E-state index < -0.39 is 0 Å². The summed E-state index contributed by atoms with van der Waals surface area (Å²) >= 11 is 0. The number of carbonyl (C=O) groups excluding carboxylic acids is 1. The standard InChI is InChI=1S/C11H20N2O2/c1-9-3-2-4-12-10(9)11(14)13-5-7-15-8-6-13/h9-10,12H,2-8H2,1H3. The summed E-state index contributed by atoms with van der Waals surface area (Å²) in [4.78, 5) is 14.1. The summed E-state index contributed by atoms with van der Waals surface area (Å²) in [6.45, 7) is 6.02. The van der Waals surface area contributed by atoms with E-state index in [2.05, 4.69) is 12.2 Å². The minimum atomic E-state index is 0.0387. The Bertz CT molecular complexity index is 227. The lowest BCUT2D eigenvalue weighted by atomic mass is 9.92. The number of piperidine rings is 1. The number of ether oxygens (including phenoxy) is 1. The Morgan fingerprint density at radius 3 is 2.80 bits per heavy atom. The van der Waals surface area contributed by atoms with Crippen LogP contribution in [0.2, 0.25) is 0 Å². The third kappa shape index (κ3) is 2.49. The van der Waals surface area contributed by atoms with Gasteiger partial charge in [0.05, 0.1) is 19.3 Å². The van der Waals surface area contributed by atoms with Crippen LogP contribution >= 0.6 is 0 Å². The summed E-state index contributed by atoms with van der Waals surface area (Å²) in [5, 5.41) is 3.33. The highest BCUT2D eigenvalue weighted by Gasteiger charge is 2.31. The van der Waals surface area contributed by atoms with Crippen molar-refractivity contribution < 1.29 is 9.53 Å². The Labute approximate surface area is 91.0 Å². The normalized spacial score (nSPS) is 32.7. The van der Waals surface area contributed by atoms with Crippen molar-refractivity contribution in [2.75, 3.05) is 32.8 Å². The summed E-state index contributed by atoms with van der Waals surface area (Å²) in [5.41, 5.74) is 0. The summed E-state index contributed by atoms with van der Waals surface area (Å²) in [6.07, 6.45) is 2.35. The molecule has 0 bridgehead atoms. The molecule has 2 saturated heterocycles. The fourth-order valence-corrected chi connectivity index (χ4v) is 2.36. The number of rotatable bonds is 1. The van der Waals surface area contributed by atoms with Crippen LogP contribution < -0.4 is 5.32 Å². The third-order valence-electron chi connectivity index (χ3n) is 3.36. The maximum absolute atomic E-state index is 12.2. The Balaban J connectivity index is 1.92. The molecule has 0 aliphatic carbocycles. The molecule has 0 aromatic carbocycles. The largest absolute Gasteiger partial charge is 0.378 e. The Morgan fingerprint density at radius 1 is 1.40 bits per heavy atom. The molecule has 4 heteroatoms. The van der Waals surface area contributed by atoms with Crippen molar-refractivity contribution in [1.29, 1.82) is 0 Å². The average Bonchev–Trinajstić information content (AvgIpc) is 2.30. The zero-order chi connectivity index (χ0) is 10.7. The maximum Gasteiger partial charge on any atom is 0.240 e. The van der Waals surface area contributed by atoms with Gasteiger partial charge < -0.3 is 15.0 Å². The van der Waals surface area contributed by atoms with E-state index in [0.29, 0.717) is 19.1 Å². The van der Waals surface area contributed by atoms with E-state index in [1.165, 1.54) is 6.42 Å². The molecule has 2 rings (SSSR count). The smallest absolute Gasteiger partial charge is 0.240 e. The fourth-order valence-electron chi connectivity index (χ4n) is 2.36. The van der Waals surface area contributed by atoms with Crippen molar-refractivity contribution >= 4 is 5.91 Å². The van der Waals surface area contributed by atoms with Gasteiger partial charge in [-0.25, -0.2) is 0 Å². The van der Waals surface area contributed by atoms with Crippen molar-refractivity contribution in [2.24, 2.45) is 5.92 Å². The predicted molar refractivity (Wildman–Crippen MR) is 57.6 cm³/mol. The Hall–Kier alpha value is -0.610. The van der Waals surface area contributed by atoms with E-state index in [1.54, 1.807) is 0 Å². The summed E-state index contributed by atoms with van der Waals surface area (Å²) < 4.78 is 5.25. The summed E-state index contributed by atoms with van der Waals surface area (Å²) in [7, 11) is 0. The van der Waals surface area contributed by atoms with Gasteiger partial charge in [-0.05, 0) is 25.3 Å². The first-order valence-electron chi connectivity index (χ1n) is 5.89. The Kier molecular flexibility index (Phi) is 3.59. The fraction of sp³-hybridized carbons (Fsp3) is 0.909. The molecule has 1 amide bonds. The number of morpholine rings is 1. The second-order valence-corrected chi connectivity index (χ2v) is 4.49. The van der Waals surface area contributed by atoms with E-state index in [1.807, 2.05) is 4.90 Å². The molecule has 0 saturated carbocycles. The maximum atomic E-state index is 12.2. The second kappa shape index (κ2) is 4.94. The van der Waals surface area contributed by atoms with Crippen LogP contribution in [0.4, 0.5) is 0 Å². The van der Waals surface area contributed by atoms with Gasteiger partial charge >= 0.3 is 0 Å². The molecule has 0 radical (unpaired) electrons. The molecule has 0 aromatic heterocycles. The molecule has 2 aliphatic rings. The lowest BCUT2D eigenvalue weighted by Crippen LogP contribution is -2.54. The van der Waals surface area contributed by atoms with Gasteiger partial charge in [0, 0.05) is 13.1 Å². The van der Waals surface area contributed by atoms with Gasteiger partial charge in [0.2, 0.25) is 5.91 Å². The van der Waals surface area contributed by atoms with Crippen LogP contribution in [0.1, 0.15) is 19.8 Å². The molecule has 0 spiro atoms. The summed E-state index contributed by atoms with van der Waals surface area (Å²) in [5.74, 6) is 0.736. The molecule has 0 aromatic rings. The summed E-state index contributed by atoms with van der Waals surface area (Å²) in [6, 6.07) is 0.0387. The number of amides is 1. The van der Waals surface area contributed by atoms with Gasteiger partial charge in [0.15, 0.2) is 0 Å². The molecule has 2 unspecified atom stereocenters. The molecule has 2 heterocycles. The zero-order valence-electron chi connectivity index (χ0n) is 9.37. The van der Waals surface area contributed by atoms with Crippen LogP contribution in [0.5, 0.6) is 0 Å². The average molecular weight is 212 g/mol. The van der Waals surface area contributed by atoms with Crippen molar-refractivity contribution in [2.45, 2.75) is 25.8 Å². The molecular formula is C11H20N2O2. The van der Waals surface area contributed by atoms with Gasteiger partial charge in [-0.2, -0.15) is 0 Å². The minimum absolute atomic E-state index is 0.0387. The molecule has 15 heavy (non-hydrogen) atoms. The van der Waals surface area contributed by atoms with Gasteiger partial charge in [-0.3, -0.25) is 4.79 Å². The van der Waals surface area contributed by atoms with E-state index in [4.69, 9.17) is 4.74 Å². The van der Waals surface area contributed by atoms with Gasteiger partial charge in [-0.1, -0.05) is 6.92 Å². The molecule has 2 atom stereocenters. The van der Waals surface area contributed by atoms with Crippen LogP contribution in [0.3, 0.4) is 0 Å². The van der Waals surface area contributed by atoms with Crippen molar-refractivity contribution in [3.8, 4) is 0 Å². The van der Waals surface area contributed by atoms with Crippen LogP contribution in [0.25, 0.3) is 0 Å². The third-order valence-corrected chi connectivity index (χ3v) is 3.36. The highest BCUT2D eigenvalue weighted by atomic mass is 16.5. The monoisotopic (exact) mass is 212 g/mol. The van der Waals surface area contributed by atoms with Gasteiger partial charge in [-0.15, -0.1) is 0 Å². The van der Waals surface area contributed by atoms with E-state index >= 15 is 0 Å². The quantitative estimate of drug-likeness (QED) is 0.676. The minimum Gasteiger partial charge on any atom is -0.378 e. The predicted octanol–water partition coefficient (Wildman–Crippen LogP) is 0.233. The number of hydrogen-bond donors (Lipinski definition) is 1. The van der Waals surface area contributed by atoms with Gasteiger partial charge in [0.1, 0.15) is 0 Å². The van der Waals surface area contributed by atoms with E-state index in [-0.39, 0.29) is 11.9 Å². The molecule has 2 aliphatic heterocycles. The number of nitrogens with zero attached hydrogens (tertiary/aromatic N) is 1. The van der Waals surface area contributed by atoms with Crippen molar-refractivity contribution in [3.63, 3.8) is 0 Å². The second-order valence-electron chi connectivity index (χ2n) is 4.49. The van der Waals surface area contributed by atoms with E-state index in [0.717, 1.165) is 26.1 Å².